The van der Waals surface area contributed by atoms with Crippen molar-refractivity contribution >= 4 is 11.9 Å². The molecule has 0 saturated carbocycles. The maximum Gasteiger partial charge on any atom is 0.319 e. The fourth-order valence-corrected chi connectivity index (χ4v) is 4.40. The van der Waals surface area contributed by atoms with Crippen LogP contribution in [-0.2, 0) is 22.4 Å². The molecule has 2 aliphatic heterocycles. The summed E-state index contributed by atoms with van der Waals surface area (Å²) < 4.78 is 23.5. The lowest BCUT2D eigenvalue weighted by atomic mass is 9.90. The molecule has 4 aromatic carbocycles. The summed E-state index contributed by atoms with van der Waals surface area (Å²) in [6, 6.07) is 31.0. The third-order valence-corrected chi connectivity index (χ3v) is 6.26. The molecule has 2 aliphatic rings. The molecule has 0 bridgehead atoms. The second-order valence-electron chi connectivity index (χ2n) is 8.53. The number of halogens is 1. The molecule has 5 heteroatoms. The molecule has 4 aromatic rings. The number of para-hydroxylation sites is 2. The van der Waals surface area contributed by atoms with Crippen LogP contribution < -0.4 is 9.47 Å². The fraction of sp³-hybridized carbons (Fsp3) is 0.133. The molecule has 0 saturated heterocycles. The number of benzene rings is 4. The zero-order chi connectivity index (χ0) is 24.2. The van der Waals surface area contributed by atoms with Gasteiger partial charge >= 0.3 is 11.9 Å². The molecule has 2 unspecified atom stereocenters. The minimum atomic E-state index is -0.347. The number of carbonyl (C=O) groups excluding carboxylic acids is 2. The number of esters is 2. The maximum atomic E-state index is 12.9. The first-order valence-electron chi connectivity index (χ1n) is 11.5. The summed E-state index contributed by atoms with van der Waals surface area (Å²) >= 11 is 0. The van der Waals surface area contributed by atoms with Crippen LogP contribution in [0, 0.1) is 5.82 Å². The zero-order valence-electron chi connectivity index (χ0n) is 18.9. The van der Waals surface area contributed by atoms with Crippen molar-refractivity contribution in [3.8, 4) is 11.5 Å². The van der Waals surface area contributed by atoms with Gasteiger partial charge in [-0.3, -0.25) is 9.59 Å². The van der Waals surface area contributed by atoms with Crippen LogP contribution in [0.25, 0.3) is 0 Å². The Morgan fingerprint density at radius 2 is 0.971 bits per heavy atom. The zero-order valence-corrected chi connectivity index (χ0v) is 18.9. The molecule has 35 heavy (non-hydrogen) atoms. The van der Waals surface area contributed by atoms with E-state index in [0.29, 0.717) is 17.9 Å². The molecule has 0 aromatic heterocycles. The number of rotatable bonds is 2. The van der Waals surface area contributed by atoms with Crippen LogP contribution in [0.3, 0.4) is 0 Å². The van der Waals surface area contributed by atoms with Crippen molar-refractivity contribution in [2.45, 2.75) is 24.7 Å². The standard InChI is InChI=1S/C15H11FO2.C15H12O2/c16-12-7-5-10(6-8-12)13-9-11-3-1-2-4-14(11)18-15(13)17;16-15-13(11-6-2-1-3-7-11)10-12-8-4-5-9-14(12)17-15/h1-8,13H,9H2;1-9,13H,10H2. The Hall–Kier alpha value is -4.25. The first-order chi connectivity index (χ1) is 17.1. The van der Waals surface area contributed by atoms with E-state index in [1.165, 1.54) is 12.1 Å². The molecule has 0 N–H and O–H groups in total. The largest absolute Gasteiger partial charge is 0.426 e. The highest BCUT2D eigenvalue weighted by molar-refractivity contribution is 5.83. The topological polar surface area (TPSA) is 52.6 Å². The minimum absolute atomic E-state index is 0.157. The van der Waals surface area contributed by atoms with Crippen LogP contribution in [0.15, 0.2) is 103 Å². The molecule has 0 fully saturated rings. The molecule has 174 valence electrons. The van der Waals surface area contributed by atoms with Crippen LogP contribution >= 0.6 is 0 Å². The van der Waals surface area contributed by atoms with Gasteiger partial charge < -0.3 is 9.47 Å². The van der Waals surface area contributed by atoms with Gasteiger partial charge in [-0.1, -0.05) is 78.9 Å². The van der Waals surface area contributed by atoms with E-state index in [2.05, 4.69) is 0 Å². The Labute approximate surface area is 203 Å². The quantitative estimate of drug-likeness (QED) is 0.268. The summed E-state index contributed by atoms with van der Waals surface area (Å²) in [4.78, 5) is 23.9. The second-order valence-corrected chi connectivity index (χ2v) is 8.53. The Morgan fingerprint density at radius 1 is 0.543 bits per heavy atom. The van der Waals surface area contributed by atoms with Crippen molar-refractivity contribution in [3.05, 3.63) is 131 Å². The van der Waals surface area contributed by atoms with Crippen molar-refractivity contribution in [1.29, 1.82) is 0 Å². The van der Waals surface area contributed by atoms with E-state index < -0.39 is 0 Å². The average molecular weight is 467 g/mol. The van der Waals surface area contributed by atoms with Gasteiger partial charge in [-0.15, -0.1) is 0 Å². The number of hydrogen-bond donors (Lipinski definition) is 0. The van der Waals surface area contributed by atoms with Gasteiger partial charge in [0.15, 0.2) is 0 Å². The van der Waals surface area contributed by atoms with Crippen LogP contribution in [-0.4, -0.2) is 11.9 Å². The highest BCUT2D eigenvalue weighted by Crippen LogP contribution is 2.34. The summed E-state index contributed by atoms with van der Waals surface area (Å²) in [6.07, 6.45) is 1.32. The third-order valence-electron chi connectivity index (χ3n) is 6.26. The van der Waals surface area contributed by atoms with Crippen LogP contribution in [0.5, 0.6) is 11.5 Å². The lowest BCUT2D eigenvalue weighted by molar-refractivity contribution is -0.138. The molecule has 0 radical (unpaired) electrons. The highest BCUT2D eigenvalue weighted by atomic mass is 19.1. The van der Waals surface area contributed by atoms with E-state index in [1.807, 2.05) is 72.8 Å². The molecule has 4 nitrogen and oxygen atoms in total. The molecule has 2 atom stereocenters. The van der Waals surface area contributed by atoms with Crippen molar-refractivity contribution in [1.82, 2.24) is 0 Å². The first kappa shape index (κ1) is 22.5. The van der Waals surface area contributed by atoms with Gasteiger partial charge in [-0.25, -0.2) is 4.39 Å². The molecule has 0 spiro atoms. The SMILES string of the molecule is O=C1Oc2ccccc2CC1c1ccc(F)cc1.O=C1Oc2ccccc2CC1c1ccccc1. The summed E-state index contributed by atoms with van der Waals surface area (Å²) in [6.45, 7) is 0. The van der Waals surface area contributed by atoms with Gasteiger partial charge in [-0.05, 0) is 59.4 Å². The summed E-state index contributed by atoms with van der Waals surface area (Å²) in [7, 11) is 0. The van der Waals surface area contributed by atoms with Crippen molar-refractivity contribution < 1.29 is 23.5 Å². The normalized spacial score (nSPS) is 18.2. The van der Waals surface area contributed by atoms with Crippen LogP contribution in [0.4, 0.5) is 4.39 Å². The van der Waals surface area contributed by atoms with Gasteiger partial charge in [0.2, 0.25) is 0 Å². The van der Waals surface area contributed by atoms with E-state index >= 15 is 0 Å². The Bertz CT molecular complexity index is 1350. The molecular formula is C30H23FO4. The van der Waals surface area contributed by atoms with Gasteiger partial charge in [0.1, 0.15) is 17.3 Å². The summed E-state index contributed by atoms with van der Waals surface area (Å²) in [5, 5.41) is 0. The second kappa shape index (κ2) is 9.94. The number of fused-ring (bicyclic) bond motifs is 2. The predicted molar refractivity (Wildman–Crippen MR) is 130 cm³/mol. The van der Waals surface area contributed by atoms with E-state index in [1.54, 1.807) is 18.2 Å². The van der Waals surface area contributed by atoms with E-state index in [4.69, 9.17) is 9.47 Å². The monoisotopic (exact) mass is 466 g/mol. The van der Waals surface area contributed by atoms with Gasteiger partial charge in [0.25, 0.3) is 0 Å². The molecule has 6 rings (SSSR count). The molecule has 2 heterocycles. The minimum Gasteiger partial charge on any atom is -0.426 e. The lowest BCUT2D eigenvalue weighted by Crippen LogP contribution is -2.25. The maximum absolute atomic E-state index is 12.9. The predicted octanol–water partition coefficient (Wildman–Crippen LogP) is 6.00. The number of carbonyl (C=O) groups is 2. The first-order valence-corrected chi connectivity index (χ1v) is 11.5. The smallest absolute Gasteiger partial charge is 0.319 e. The van der Waals surface area contributed by atoms with Gasteiger partial charge in [0.05, 0.1) is 11.8 Å². The number of ether oxygens (including phenoxy) is 2. The average Bonchev–Trinajstić information content (AvgIpc) is 2.89. The van der Waals surface area contributed by atoms with Crippen molar-refractivity contribution in [3.63, 3.8) is 0 Å². The van der Waals surface area contributed by atoms with Crippen molar-refractivity contribution in [2.24, 2.45) is 0 Å². The van der Waals surface area contributed by atoms with E-state index in [-0.39, 0.29) is 29.6 Å². The molecular weight excluding hydrogens is 443 g/mol. The molecule has 0 aliphatic carbocycles. The van der Waals surface area contributed by atoms with Crippen LogP contribution in [0.2, 0.25) is 0 Å². The Morgan fingerprint density at radius 3 is 1.49 bits per heavy atom. The molecule has 0 amide bonds. The highest BCUT2D eigenvalue weighted by Gasteiger charge is 2.30. The van der Waals surface area contributed by atoms with E-state index in [9.17, 15) is 14.0 Å². The van der Waals surface area contributed by atoms with Gasteiger partial charge in [0, 0.05) is 0 Å². The Kier molecular flexibility index (Phi) is 6.40. The van der Waals surface area contributed by atoms with Crippen LogP contribution in [0.1, 0.15) is 34.1 Å². The lowest BCUT2D eigenvalue weighted by Gasteiger charge is -2.23. The summed E-state index contributed by atoms with van der Waals surface area (Å²) in [5.41, 5.74) is 3.91. The summed E-state index contributed by atoms with van der Waals surface area (Å²) in [5.74, 6) is 0.0654. The third kappa shape index (κ3) is 4.99. The Balaban J connectivity index is 0.000000145. The van der Waals surface area contributed by atoms with Gasteiger partial charge in [-0.2, -0.15) is 0 Å². The number of hydrogen-bond acceptors (Lipinski definition) is 4. The van der Waals surface area contributed by atoms with Crippen molar-refractivity contribution in [2.75, 3.05) is 0 Å². The van der Waals surface area contributed by atoms with E-state index in [0.717, 1.165) is 28.7 Å². The fourth-order valence-electron chi connectivity index (χ4n) is 4.40.